The van der Waals surface area contributed by atoms with E-state index in [1.165, 1.54) is 24.6 Å². The van der Waals surface area contributed by atoms with Crippen LogP contribution in [0.3, 0.4) is 0 Å². The molecule has 0 radical (unpaired) electrons. The van der Waals surface area contributed by atoms with Crippen LogP contribution in [0.25, 0.3) is 11.1 Å². The Morgan fingerprint density at radius 3 is 2.62 bits per heavy atom. The summed E-state index contributed by atoms with van der Waals surface area (Å²) >= 11 is 11.7. The third-order valence-corrected chi connectivity index (χ3v) is 3.48. The van der Waals surface area contributed by atoms with Gasteiger partial charge in [0.25, 0.3) is 5.91 Å². The molecule has 0 saturated carbocycles. The van der Waals surface area contributed by atoms with Gasteiger partial charge in [-0.15, -0.1) is 0 Å². The predicted octanol–water partition coefficient (Wildman–Crippen LogP) is 3.93. The van der Waals surface area contributed by atoms with Crippen molar-refractivity contribution in [2.45, 2.75) is 0 Å². The largest absolute Gasteiger partial charge is 0.452 e. The number of ether oxygens (including phenoxy) is 1. The van der Waals surface area contributed by atoms with Crippen molar-refractivity contribution < 1.29 is 18.7 Å². The van der Waals surface area contributed by atoms with Gasteiger partial charge in [-0.25, -0.2) is 9.78 Å². The quantitative estimate of drug-likeness (QED) is 0.709. The van der Waals surface area contributed by atoms with Gasteiger partial charge in [-0.1, -0.05) is 23.2 Å². The fourth-order valence-electron chi connectivity index (χ4n) is 2.02. The number of nitrogens with one attached hydrogen (secondary N) is 1. The number of carbonyl (C=O) groups is 2. The number of hydrogen-bond acceptors (Lipinski definition) is 5. The molecule has 122 valence electrons. The van der Waals surface area contributed by atoms with Crippen LogP contribution in [0.1, 0.15) is 10.4 Å². The minimum absolute atomic E-state index is 0.262. The lowest BCUT2D eigenvalue weighted by atomic mass is 10.2. The van der Waals surface area contributed by atoms with Gasteiger partial charge in [0.05, 0.1) is 5.56 Å². The van der Waals surface area contributed by atoms with E-state index in [4.69, 9.17) is 32.4 Å². The number of esters is 1. The fraction of sp³-hybridized carbons (Fsp3) is 0.0625. The van der Waals surface area contributed by atoms with Crippen molar-refractivity contribution in [3.63, 3.8) is 0 Å². The molecule has 1 aromatic heterocycles. The third kappa shape index (κ3) is 3.84. The molecule has 6 nitrogen and oxygen atoms in total. The molecule has 1 amide bonds. The molecule has 24 heavy (non-hydrogen) atoms. The standard InChI is InChI=1S/C16H10Cl2N2O4/c17-10-4-11(18)6-12(5-10)20-15(21)7-23-16(22)9-1-2-13-14(3-9)24-8-19-13/h1-6,8H,7H2,(H,20,21). The van der Waals surface area contributed by atoms with Crippen LogP contribution in [0.2, 0.25) is 10.0 Å². The van der Waals surface area contributed by atoms with Crippen LogP contribution in [0.4, 0.5) is 5.69 Å². The summed E-state index contributed by atoms with van der Waals surface area (Å²) in [5.74, 6) is -1.16. The number of nitrogens with zero attached hydrogens (tertiary/aromatic N) is 1. The summed E-state index contributed by atoms with van der Waals surface area (Å²) in [6, 6.07) is 9.28. The Kier molecular flexibility index (Phi) is 4.69. The Morgan fingerprint density at radius 2 is 1.88 bits per heavy atom. The average Bonchev–Trinajstić information content (AvgIpc) is 2.99. The van der Waals surface area contributed by atoms with Crippen molar-refractivity contribution >= 4 is 51.9 Å². The van der Waals surface area contributed by atoms with E-state index in [0.29, 0.717) is 26.8 Å². The molecule has 3 rings (SSSR count). The molecule has 0 aliphatic heterocycles. The molecule has 0 saturated heterocycles. The first-order chi connectivity index (χ1) is 11.5. The molecule has 0 fully saturated rings. The summed E-state index contributed by atoms with van der Waals surface area (Å²) in [4.78, 5) is 27.8. The highest BCUT2D eigenvalue weighted by atomic mass is 35.5. The van der Waals surface area contributed by atoms with Crippen LogP contribution >= 0.6 is 23.2 Å². The predicted molar refractivity (Wildman–Crippen MR) is 89.4 cm³/mol. The topological polar surface area (TPSA) is 81.4 Å². The Hall–Kier alpha value is -2.57. The van der Waals surface area contributed by atoms with E-state index in [-0.39, 0.29) is 5.56 Å². The second-order valence-corrected chi connectivity index (χ2v) is 5.69. The number of hydrogen-bond donors (Lipinski definition) is 1. The fourth-order valence-corrected chi connectivity index (χ4v) is 2.55. The molecule has 3 aromatic rings. The lowest BCUT2D eigenvalue weighted by Gasteiger charge is -2.07. The molecule has 0 bridgehead atoms. The van der Waals surface area contributed by atoms with Crippen molar-refractivity contribution in [1.82, 2.24) is 4.98 Å². The van der Waals surface area contributed by atoms with Crippen LogP contribution < -0.4 is 5.32 Å². The number of fused-ring (bicyclic) bond motifs is 1. The van der Waals surface area contributed by atoms with E-state index < -0.39 is 18.5 Å². The smallest absolute Gasteiger partial charge is 0.338 e. The lowest BCUT2D eigenvalue weighted by Crippen LogP contribution is -2.20. The van der Waals surface area contributed by atoms with Crippen LogP contribution in [0.5, 0.6) is 0 Å². The number of halogens is 2. The Bertz CT molecular complexity index is 903. The molecule has 2 aromatic carbocycles. The van der Waals surface area contributed by atoms with Crippen molar-refractivity contribution in [2.75, 3.05) is 11.9 Å². The normalized spacial score (nSPS) is 10.6. The monoisotopic (exact) mass is 364 g/mol. The number of oxazole rings is 1. The van der Waals surface area contributed by atoms with Gasteiger partial charge in [0.15, 0.2) is 18.6 Å². The Morgan fingerprint density at radius 1 is 1.12 bits per heavy atom. The number of anilines is 1. The molecule has 8 heteroatoms. The van der Waals surface area contributed by atoms with E-state index in [2.05, 4.69) is 10.3 Å². The second kappa shape index (κ2) is 6.90. The minimum atomic E-state index is -0.646. The highest BCUT2D eigenvalue weighted by Gasteiger charge is 2.12. The summed E-state index contributed by atoms with van der Waals surface area (Å²) in [6.07, 6.45) is 1.28. The third-order valence-electron chi connectivity index (χ3n) is 3.05. The summed E-state index contributed by atoms with van der Waals surface area (Å²) in [7, 11) is 0. The average molecular weight is 365 g/mol. The van der Waals surface area contributed by atoms with Gasteiger partial charge in [0.2, 0.25) is 0 Å². The molecule has 0 aliphatic rings. The maximum atomic E-state index is 12.0. The molecule has 0 unspecified atom stereocenters. The van der Waals surface area contributed by atoms with E-state index >= 15 is 0 Å². The van der Waals surface area contributed by atoms with Gasteiger partial charge in [-0.3, -0.25) is 4.79 Å². The number of carbonyl (C=O) groups excluding carboxylic acids is 2. The van der Waals surface area contributed by atoms with Crippen molar-refractivity contribution in [3.8, 4) is 0 Å². The molecular formula is C16H10Cl2N2O4. The zero-order chi connectivity index (χ0) is 17.1. The van der Waals surface area contributed by atoms with Crippen LogP contribution in [0.15, 0.2) is 47.2 Å². The highest BCUT2D eigenvalue weighted by molar-refractivity contribution is 6.35. The van der Waals surface area contributed by atoms with Gasteiger partial charge in [0.1, 0.15) is 5.52 Å². The van der Waals surface area contributed by atoms with Crippen LogP contribution in [0, 0.1) is 0 Å². The summed E-state index contributed by atoms with van der Waals surface area (Å²) in [6.45, 7) is -0.447. The molecule has 0 aliphatic carbocycles. The number of benzene rings is 2. The van der Waals surface area contributed by atoms with E-state index in [1.54, 1.807) is 18.2 Å². The maximum absolute atomic E-state index is 12.0. The first-order valence-corrected chi connectivity index (χ1v) is 7.53. The van der Waals surface area contributed by atoms with Crippen LogP contribution in [-0.4, -0.2) is 23.5 Å². The summed E-state index contributed by atoms with van der Waals surface area (Å²) in [5, 5.41) is 3.31. The van der Waals surface area contributed by atoms with Crippen LogP contribution in [-0.2, 0) is 9.53 Å². The first-order valence-electron chi connectivity index (χ1n) is 6.77. The molecular weight excluding hydrogens is 355 g/mol. The van der Waals surface area contributed by atoms with E-state index in [9.17, 15) is 9.59 Å². The summed E-state index contributed by atoms with van der Waals surface area (Å²) < 4.78 is 10.1. The second-order valence-electron chi connectivity index (χ2n) is 4.82. The Balaban J connectivity index is 1.59. The lowest BCUT2D eigenvalue weighted by molar-refractivity contribution is -0.119. The molecule has 1 heterocycles. The molecule has 0 atom stereocenters. The van der Waals surface area contributed by atoms with Crippen molar-refractivity contribution in [2.24, 2.45) is 0 Å². The molecule has 1 N–H and O–H groups in total. The first kappa shape index (κ1) is 16.3. The van der Waals surface area contributed by atoms with Crippen molar-refractivity contribution in [1.29, 1.82) is 0 Å². The summed E-state index contributed by atoms with van der Waals surface area (Å²) in [5.41, 5.74) is 1.76. The van der Waals surface area contributed by atoms with Gasteiger partial charge in [-0.2, -0.15) is 0 Å². The number of rotatable bonds is 4. The maximum Gasteiger partial charge on any atom is 0.338 e. The number of aromatic nitrogens is 1. The van der Waals surface area contributed by atoms with E-state index in [0.717, 1.165) is 0 Å². The SMILES string of the molecule is O=C(COC(=O)c1ccc2ncoc2c1)Nc1cc(Cl)cc(Cl)c1. The minimum Gasteiger partial charge on any atom is -0.452 e. The zero-order valence-corrected chi connectivity index (χ0v) is 13.6. The van der Waals surface area contributed by atoms with Gasteiger partial charge in [0, 0.05) is 15.7 Å². The zero-order valence-electron chi connectivity index (χ0n) is 12.1. The Labute approximate surface area is 146 Å². The van der Waals surface area contributed by atoms with Gasteiger partial charge < -0.3 is 14.5 Å². The molecule has 0 spiro atoms. The number of amides is 1. The van der Waals surface area contributed by atoms with E-state index in [1.807, 2.05) is 0 Å². The van der Waals surface area contributed by atoms with Crippen molar-refractivity contribution in [3.05, 3.63) is 58.4 Å². The highest BCUT2D eigenvalue weighted by Crippen LogP contribution is 2.22. The van der Waals surface area contributed by atoms with Gasteiger partial charge >= 0.3 is 5.97 Å². The van der Waals surface area contributed by atoms with Gasteiger partial charge in [-0.05, 0) is 36.4 Å².